The minimum Gasteiger partial charge on any atom is -0.356 e. The molecule has 2 heterocycles. The van der Waals surface area contributed by atoms with Gasteiger partial charge in [-0.05, 0) is 48.4 Å². The Bertz CT molecular complexity index is 914. The Hall–Kier alpha value is -2.66. The molecule has 2 aromatic rings. The van der Waals surface area contributed by atoms with Crippen LogP contribution in [0.1, 0.15) is 55.2 Å². The Morgan fingerprint density at radius 3 is 2.62 bits per heavy atom. The van der Waals surface area contributed by atoms with E-state index in [1.165, 1.54) is 16.7 Å². The van der Waals surface area contributed by atoms with E-state index in [1.807, 2.05) is 17.9 Å². The topological polar surface area (TPSA) is 52.7 Å². The number of piperidine rings is 1. The molecule has 2 atom stereocenters. The number of benzene rings is 2. The van der Waals surface area contributed by atoms with Crippen LogP contribution in [0.3, 0.4) is 0 Å². The van der Waals surface area contributed by atoms with Crippen molar-refractivity contribution in [1.82, 2.24) is 15.1 Å². The van der Waals surface area contributed by atoms with Gasteiger partial charge in [-0.3, -0.25) is 14.5 Å². The number of likely N-dealkylation sites (tertiary alicyclic amines) is 1. The minimum absolute atomic E-state index is 0.139. The van der Waals surface area contributed by atoms with Crippen LogP contribution in [0.15, 0.2) is 54.6 Å². The maximum atomic E-state index is 13.3. The van der Waals surface area contributed by atoms with Gasteiger partial charge >= 0.3 is 0 Å². The number of carbonyl (C=O) groups is 2. The molecule has 0 aromatic heterocycles. The van der Waals surface area contributed by atoms with Gasteiger partial charge in [0.15, 0.2) is 0 Å². The Labute approximate surface area is 191 Å². The van der Waals surface area contributed by atoms with E-state index in [2.05, 4.69) is 58.7 Å². The Morgan fingerprint density at radius 2 is 1.81 bits per heavy atom. The first-order valence-electron chi connectivity index (χ1n) is 12.0. The number of fused-ring (bicyclic) bond motifs is 1. The molecule has 0 saturated carbocycles. The molecular formula is C27H35N3O2. The summed E-state index contributed by atoms with van der Waals surface area (Å²) in [6.45, 7) is 6.45. The van der Waals surface area contributed by atoms with Crippen molar-refractivity contribution in [3.05, 3.63) is 71.3 Å². The molecule has 5 nitrogen and oxygen atoms in total. The third kappa shape index (κ3) is 5.57. The molecule has 1 N–H and O–H groups in total. The fourth-order valence-corrected chi connectivity index (χ4v) is 5.09. The van der Waals surface area contributed by atoms with Gasteiger partial charge in [0.1, 0.15) is 0 Å². The zero-order valence-corrected chi connectivity index (χ0v) is 19.1. The summed E-state index contributed by atoms with van der Waals surface area (Å²) in [4.78, 5) is 29.5. The summed E-state index contributed by atoms with van der Waals surface area (Å²) in [6.07, 6.45) is 3.66. The van der Waals surface area contributed by atoms with Crippen LogP contribution in [0.4, 0.5) is 0 Å². The zero-order valence-electron chi connectivity index (χ0n) is 19.1. The van der Waals surface area contributed by atoms with Crippen LogP contribution in [0.25, 0.3) is 0 Å². The van der Waals surface area contributed by atoms with Gasteiger partial charge in [-0.25, -0.2) is 0 Å². The number of rotatable bonds is 7. The Kier molecular flexibility index (Phi) is 7.59. The van der Waals surface area contributed by atoms with E-state index in [0.29, 0.717) is 25.4 Å². The number of amides is 2. The average Bonchev–Trinajstić information content (AvgIpc) is 2.83. The molecule has 2 unspecified atom stereocenters. The van der Waals surface area contributed by atoms with E-state index >= 15 is 0 Å². The highest BCUT2D eigenvalue weighted by Crippen LogP contribution is 2.33. The summed E-state index contributed by atoms with van der Waals surface area (Å²) < 4.78 is 0. The summed E-state index contributed by atoms with van der Waals surface area (Å²) in [5.41, 5.74) is 3.85. The molecule has 0 radical (unpaired) electrons. The highest BCUT2D eigenvalue weighted by atomic mass is 16.2. The lowest BCUT2D eigenvalue weighted by Crippen LogP contribution is -2.47. The summed E-state index contributed by atoms with van der Waals surface area (Å²) in [5.74, 6) is 0.986. The van der Waals surface area contributed by atoms with Crippen molar-refractivity contribution in [3.63, 3.8) is 0 Å². The molecule has 4 rings (SSSR count). The quantitative estimate of drug-likeness (QED) is 0.723. The third-order valence-corrected chi connectivity index (χ3v) is 6.78. The predicted octanol–water partition coefficient (Wildman–Crippen LogP) is 3.79. The van der Waals surface area contributed by atoms with Gasteiger partial charge in [0.2, 0.25) is 11.8 Å². The first kappa shape index (κ1) is 22.5. The lowest BCUT2D eigenvalue weighted by Gasteiger charge is -2.38. The highest BCUT2D eigenvalue weighted by molar-refractivity contribution is 5.79. The fraction of sp³-hybridized carbons (Fsp3) is 0.481. The SMILES string of the molecule is CCCC(=O)NCC1CCCN(CC(=O)N2Cc3ccccc3C(c3ccccc3)C2)C1. The molecule has 32 heavy (non-hydrogen) atoms. The lowest BCUT2D eigenvalue weighted by atomic mass is 9.84. The van der Waals surface area contributed by atoms with Gasteiger partial charge in [0.25, 0.3) is 0 Å². The van der Waals surface area contributed by atoms with Gasteiger partial charge in [-0.1, -0.05) is 61.5 Å². The molecular weight excluding hydrogens is 398 g/mol. The molecule has 1 fully saturated rings. The second-order valence-corrected chi connectivity index (χ2v) is 9.23. The molecule has 2 amide bonds. The second kappa shape index (κ2) is 10.8. The van der Waals surface area contributed by atoms with Crippen molar-refractivity contribution >= 4 is 11.8 Å². The first-order valence-corrected chi connectivity index (χ1v) is 12.0. The largest absolute Gasteiger partial charge is 0.356 e. The third-order valence-electron chi connectivity index (χ3n) is 6.78. The normalized spacial score (nSPS) is 21.1. The molecule has 1 saturated heterocycles. The van der Waals surface area contributed by atoms with E-state index < -0.39 is 0 Å². The summed E-state index contributed by atoms with van der Waals surface area (Å²) >= 11 is 0. The molecule has 2 aliphatic heterocycles. The predicted molar refractivity (Wildman–Crippen MR) is 127 cm³/mol. The van der Waals surface area contributed by atoms with Crippen molar-refractivity contribution in [2.24, 2.45) is 5.92 Å². The number of hydrogen-bond acceptors (Lipinski definition) is 3. The molecule has 2 aromatic carbocycles. The van der Waals surface area contributed by atoms with Crippen LogP contribution < -0.4 is 5.32 Å². The number of hydrogen-bond donors (Lipinski definition) is 1. The summed E-state index contributed by atoms with van der Waals surface area (Å²) in [5, 5.41) is 3.06. The van der Waals surface area contributed by atoms with Crippen molar-refractivity contribution in [2.75, 3.05) is 32.7 Å². The zero-order chi connectivity index (χ0) is 22.3. The van der Waals surface area contributed by atoms with Crippen LogP contribution in [0, 0.1) is 5.92 Å². The number of carbonyl (C=O) groups excluding carboxylic acids is 2. The van der Waals surface area contributed by atoms with Crippen LogP contribution in [-0.4, -0.2) is 54.3 Å². The van der Waals surface area contributed by atoms with Gasteiger partial charge in [0.05, 0.1) is 6.54 Å². The molecule has 0 bridgehead atoms. The number of nitrogens with one attached hydrogen (secondary N) is 1. The van der Waals surface area contributed by atoms with Gasteiger partial charge in [0, 0.05) is 38.5 Å². The molecule has 0 spiro atoms. The number of nitrogens with zero attached hydrogens (tertiary/aromatic N) is 2. The molecule has 170 valence electrons. The van der Waals surface area contributed by atoms with Crippen LogP contribution >= 0.6 is 0 Å². The maximum absolute atomic E-state index is 13.3. The average molecular weight is 434 g/mol. The molecule has 0 aliphatic carbocycles. The lowest BCUT2D eigenvalue weighted by molar-refractivity contribution is -0.134. The van der Waals surface area contributed by atoms with Gasteiger partial charge in [-0.2, -0.15) is 0 Å². The van der Waals surface area contributed by atoms with Crippen molar-refractivity contribution in [2.45, 2.75) is 45.1 Å². The Balaban J connectivity index is 1.38. The van der Waals surface area contributed by atoms with E-state index in [-0.39, 0.29) is 17.7 Å². The van der Waals surface area contributed by atoms with Crippen LogP contribution in [-0.2, 0) is 16.1 Å². The van der Waals surface area contributed by atoms with E-state index in [1.54, 1.807) is 0 Å². The van der Waals surface area contributed by atoms with E-state index in [0.717, 1.165) is 45.4 Å². The highest BCUT2D eigenvalue weighted by Gasteiger charge is 2.30. The maximum Gasteiger partial charge on any atom is 0.237 e. The van der Waals surface area contributed by atoms with Crippen molar-refractivity contribution < 1.29 is 9.59 Å². The van der Waals surface area contributed by atoms with Gasteiger partial charge < -0.3 is 10.2 Å². The molecule has 2 aliphatic rings. The minimum atomic E-state index is 0.139. The summed E-state index contributed by atoms with van der Waals surface area (Å²) in [7, 11) is 0. The van der Waals surface area contributed by atoms with E-state index in [9.17, 15) is 9.59 Å². The fourth-order valence-electron chi connectivity index (χ4n) is 5.09. The molecule has 5 heteroatoms. The Morgan fingerprint density at radius 1 is 1.03 bits per heavy atom. The van der Waals surface area contributed by atoms with Crippen molar-refractivity contribution in [1.29, 1.82) is 0 Å². The summed E-state index contributed by atoms with van der Waals surface area (Å²) in [6, 6.07) is 19.0. The monoisotopic (exact) mass is 433 g/mol. The van der Waals surface area contributed by atoms with Gasteiger partial charge in [-0.15, -0.1) is 0 Å². The van der Waals surface area contributed by atoms with Crippen molar-refractivity contribution in [3.8, 4) is 0 Å². The van der Waals surface area contributed by atoms with E-state index in [4.69, 9.17) is 0 Å². The first-order chi connectivity index (χ1) is 15.6. The van der Waals surface area contributed by atoms with Crippen LogP contribution in [0.2, 0.25) is 0 Å². The second-order valence-electron chi connectivity index (χ2n) is 9.23. The smallest absolute Gasteiger partial charge is 0.237 e. The standard InChI is InChI=1S/C27H35N3O2/c1-2-9-26(31)28-16-21-10-8-15-29(17-21)20-27(32)30-18-23-13-6-7-14-24(23)25(19-30)22-11-4-3-5-12-22/h3-7,11-14,21,25H,2,8-10,15-20H2,1H3,(H,28,31). The van der Waals surface area contributed by atoms with Crippen LogP contribution in [0.5, 0.6) is 0 Å².